The average Bonchev–Trinajstić information content (AvgIpc) is 2.60. The van der Waals surface area contributed by atoms with E-state index in [-0.39, 0.29) is 5.91 Å². The molecule has 2 rings (SSSR count). The predicted molar refractivity (Wildman–Crippen MR) is 68.5 cm³/mol. The molecule has 0 unspecified atom stereocenters. The largest absolute Gasteiger partial charge is 0.330 e. The maximum absolute atomic E-state index is 11.3. The molecule has 1 amide bonds. The van der Waals surface area contributed by atoms with Crippen LogP contribution in [0.5, 0.6) is 0 Å². The number of amides is 1. The fourth-order valence-electron chi connectivity index (χ4n) is 1.98. The Bertz CT molecular complexity index is 418. The van der Waals surface area contributed by atoms with Crippen molar-refractivity contribution in [1.82, 2.24) is 0 Å². The first-order valence-corrected chi connectivity index (χ1v) is 6.31. The second-order valence-corrected chi connectivity index (χ2v) is 4.94. The van der Waals surface area contributed by atoms with Crippen LogP contribution < -0.4 is 11.1 Å². The summed E-state index contributed by atoms with van der Waals surface area (Å²) in [4.78, 5) is 11.3. The molecule has 1 heterocycles. The number of aryl methyl sites for hydroxylation is 1. The third-order valence-electron chi connectivity index (χ3n) is 2.77. The fraction of sp³-hybridized carbons (Fsp3) is 0.417. The number of rotatable bonds is 4. The van der Waals surface area contributed by atoms with E-state index in [1.54, 1.807) is 0 Å². The topological polar surface area (TPSA) is 55.1 Å². The highest BCUT2D eigenvalue weighted by atomic mass is 79.9. The van der Waals surface area contributed by atoms with Gasteiger partial charge in [-0.3, -0.25) is 4.79 Å². The molecule has 0 saturated carbocycles. The van der Waals surface area contributed by atoms with Crippen molar-refractivity contribution in [3.05, 3.63) is 27.7 Å². The Morgan fingerprint density at radius 2 is 2.19 bits per heavy atom. The molecule has 3 nitrogen and oxygen atoms in total. The van der Waals surface area contributed by atoms with Crippen LogP contribution in [-0.2, 0) is 17.6 Å². The minimum absolute atomic E-state index is 0.0785. The van der Waals surface area contributed by atoms with Crippen LogP contribution in [0, 0.1) is 0 Å². The van der Waals surface area contributed by atoms with Crippen LogP contribution in [0.25, 0.3) is 0 Å². The fourth-order valence-corrected chi connectivity index (χ4v) is 2.63. The third-order valence-corrected chi connectivity index (χ3v) is 3.39. The molecule has 3 N–H and O–H groups in total. The summed E-state index contributed by atoms with van der Waals surface area (Å²) in [7, 11) is 0. The summed E-state index contributed by atoms with van der Waals surface area (Å²) >= 11 is 3.50. The van der Waals surface area contributed by atoms with Crippen molar-refractivity contribution in [3.8, 4) is 0 Å². The van der Waals surface area contributed by atoms with Gasteiger partial charge in [0.25, 0.3) is 0 Å². The molecule has 4 heteroatoms. The second kappa shape index (κ2) is 4.97. The third kappa shape index (κ3) is 2.44. The van der Waals surface area contributed by atoms with E-state index in [9.17, 15) is 4.79 Å². The summed E-state index contributed by atoms with van der Waals surface area (Å²) in [5.41, 5.74) is 8.78. The molecule has 0 aromatic heterocycles. The van der Waals surface area contributed by atoms with Crippen LogP contribution in [-0.4, -0.2) is 12.5 Å². The van der Waals surface area contributed by atoms with Crippen LogP contribution in [0.1, 0.15) is 24.0 Å². The number of benzene rings is 1. The summed E-state index contributed by atoms with van der Waals surface area (Å²) in [6, 6.07) is 4.20. The lowest BCUT2D eigenvalue weighted by molar-refractivity contribution is -0.115. The number of carbonyl (C=O) groups is 1. The number of carbonyl (C=O) groups excluding carboxylic acids is 1. The molecule has 86 valence electrons. The van der Waals surface area contributed by atoms with Gasteiger partial charge in [-0.25, -0.2) is 0 Å². The Balaban J connectivity index is 2.15. The Morgan fingerprint density at radius 1 is 1.38 bits per heavy atom. The van der Waals surface area contributed by atoms with Crippen molar-refractivity contribution < 1.29 is 4.79 Å². The highest BCUT2D eigenvalue weighted by Gasteiger charge is 2.20. The monoisotopic (exact) mass is 282 g/mol. The van der Waals surface area contributed by atoms with Gasteiger partial charge in [-0.2, -0.15) is 0 Å². The minimum atomic E-state index is 0.0785. The number of unbranched alkanes of at least 4 members (excludes halogenated alkanes) is 1. The highest BCUT2D eigenvalue weighted by molar-refractivity contribution is 9.10. The maximum atomic E-state index is 11.3. The normalized spacial score (nSPS) is 13.8. The summed E-state index contributed by atoms with van der Waals surface area (Å²) in [6.45, 7) is 0.742. The lowest BCUT2D eigenvalue weighted by atomic mass is 10.0. The number of halogens is 1. The van der Waals surface area contributed by atoms with Gasteiger partial charge in [0.2, 0.25) is 5.91 Å². The molecule has 0 fully saturated rings. The van der Waals surface area contributed by atoms with E-state index in [1.165, 1.54) is 5.56 Å². The molecule has 1 aliphatic heterocycles. The Kier molecular flexibility index (Phi) is 3.61. The van der Waals surface area contributed by atoms with Crippen LogP contribution in [0.15, 0.2) is 16.6 Å². The van der Waals surface area contributed by atoms with Crippen molar-refractivity contribution in [2.24, 2.45) is 5.73 Å². The molecular weight excluding hydrogens is 268 g/mol. The number of hydrogen-bond acceptors (Lipinski definition) is 2. The average molecular weight is 283 g/mol. The zero-order valence-electron chi connectivity index (χ0n) is 9.05. The molecular formula is C12H15BrN2O. The van der Waals surface area contributed by atoms with Crippen molar-refractivity contribution in [2.75, 3.05) is 11.9 Å². The molecule has 0 atom stereocenters. The Labute approximate surface area is 104 Å². The molecule has 0 aliphatic carbocycles. The van der Waals surface area contributed by atoms with Crippen LogP contribution in [0.4, 0.5) is 5.69 Å². The highest BCUT2D eigenvalue weighted by Crippen LogP contribution is 2.33. The first-order chi connectivity index (χ1) is 7.70. The van der Waals surface area contributed by atoms with Gasteiger partial charge in [0.05, 0.1) is 12.1 Å². The maximum Gasteiger partial charge on any atom is 0.228 e. The zero-order valence-corrected chi connectivity index (χ0v) is 10.6. The van der Waals surface area contributed by atoms with Gasteiger partial charge in [0.1, 0.15) is 0 Å². The van der Waals surface area contributed by atoms with Gasteiger partial charge in [0.15, 0.2) is 0 Å². The molecule has 0 spiro atoms. The molecule has 16 heavy (non-hydrogen) atoms. The van der Waals surface area contributed by atoms with Crippen molar-refractivity contribution in [2.45, 2.75) is 25.7 Å². The number of hydrogen-bond donors (Lipinski definition) is 2. The minimum Gasteiger partial charge on any atom is -0.330 e. The summed E-state index contributed by atoms with van der Waals surface area (Å²) < 4.78 is 0.985. The summed E-state index contributed by atoms with van der Waals surface area (Å²) in [5, 5.41) is 2.85. The number of anilines is 1. The first kappa shape index (κ1) is 11.6. The molecule has 1 aromatic rings. The van der Waals surface area contributed by atoms with E-state index in [4.69, 9.17) is 5.73 Å². The van der Waals surface area contributed by atoms with E-state index in [2.05, 4.69) is 33.4 Å². The van der Waals surface area contributed by atoms with Gasteiger partial charge >= 0.3 is 0 Å². The van der Waals surface area contributed by atoms with Crippen LogP contribution >= 0.6 is 15.9 Å². The molecule has 0 saturated heterocycles. The molecule has 1 aromatic carbocycles. The number of nitrogens with two attached hydrogens (primary N) is 1. The van der Waals surface area contributed by atoms with E-state index in [1.807, 2.05) is 0 Å². The van der Waals surface area contributed by atoms with Gasteiger partial charge in [-0.05, 0) is 58.9 Å². The molecule has 1 aliphatic rings. The van der Waals surface area contributed by atoms with E-state index >= 15 is 0 Å². The smallest absolute Gasteiger partial charge is 0.228 e. The van der Waals surface area contributed by atoms with E-state index < -0.39 is 0 Å². The Hall–Kier alpha value is -0.870. The molecule has 0 radical (unpaired) electrons. The van der Waals surface area contributed by atoms with Crippen molar-refractivity contribution in [3.63, 3.8) is 0 Å². The summed E-state index contributed by atoms with van der Waals surface area (Å²) in [5.74, 6) is 0.0785. The second-order valence-electron chi connectivity index (χ2n) is 4.08. The number of fused-ring (bicyclic) bond motifs is 1. The van der Waals surface area contributed by atoms with Gasteiger partial charge in [-0.1, -0.05) is 6.07 Å². The number of nitrogens with one attached hydrogen (secondary N) is 1. The van der Waals surface area contributed by atoms with Gasteiger partial charge < -0.3 is 11.1 Å². The van der Waals surface area contributed by atoms with Crippen molar-refractivity contribution >= 4 is 27.5 Å². The van der Waals surface area contributed by atoms with E-state index in [0.717, 1.165) is 41.5 Å². The lowest BCUT2D eigenvalue weighted by Gasteiger charge is -2.06. The first-order valence-electron chi connectivity index (χ1n) is 5.52. The predicted octanol–water partition coefficient (Wildman–Crippen LogP) is 2.23. The Morgan fingerprint density at radius 3 is 2.94 bits per heavy atom. The van der Waals surface area contributed by atoms with Crippen LogP contribution in [0.2, 0.25) is 0 Å². The lowest BCUT2D eigenvalue weighted by Crippen LogP contribution is -2.03. The SMILES string of the molecule is NCCCCc1cc(Br)c2c(c1)CC(=O)N2. The van der Waals surface area contributed by atoms with Gasteiger partial charge in [0, 0.05) is 4.47 Å². The zero-order chi connectivity index (χ0) is 11.5. The van der Waals surface area contributed by atoms with Crippen molar-refractivity contribution in [1.29, 1.82) is 0 Å². The standard InChI is InChI=1S/C12H15BrN2O/c13-10-6-8(3-1-2-4-14)5-9-7-11(16)15-12(9)10/h5-6H,1-4,7,14H2,(H,15,16). The summed E-state index contributed by atoms with van der Waals surface area (Å²) in [6.07, 6.45) is 3.67. The van der Waals surface area contributed by atoms with Gasteiger partial charge in [-0.15, -0.1) is 0 Å². The molecule has 0 bridgehead atoms. The van der Waals surface area contributed by atoms with Crippen LogP contribution in [0.3, 0.4) is 0 Å². The quantitative estimate of drug-likeness (QED) is 0.832. The van der Waals surface area contributed by atoms with E-state index in [0.29, 0.717) is 6.42 Å².